The quantitative estimate of drug-likeness (QED) is 0.226. The van der Waals surface area contributed by atoms with Gasteiger partial charge >= 0.3 is 7.60 Å². The molecule has 1 rings (SSSR count). The maximum Gasteiger partial charge on any atom is 0.379 e. The number of hydrogen-bond donors (Lipinski definition) is 0. The maximum absolute atomic E-state index is 13.0. The third-order valence-electron chi connectivity index (χ3n) is 4.11. The van der Waals surface area contributed by atoms with Crippen molar-refractivity contribution in [2.45, 2.75) is 78.1 Å². The van der Waals surface area contributed by atoms with Crippen LogP contribution in [0.1, 0.15) is 78.1 Å². The summed E-state index contributed by atoms with van der Waals surface area (Å²) in [6.45, 7) is 4.80. The van der Waals surface area contributed by atoms with E-state index >= 15 is 0 Å². The van der Waals surface area contributed by atoms with Gasteiger partial charge in [0.15, 0.2) is 0 Å². The minimum absolute atomic E-state index is 0.451. The smallest absolute Gasteiger partial charge is 0.379 e. The Morgan fingerprint density at radius 2 is 1.56 bits per heavy atom. The molecule has 0 saturated carbocycles. The van der Waals surface area contributed by atoms with Crippen LogP contribution in [0.4, 0.5) is 0 Å². The highest BCUT2D eigenvalue weighted by atomic mass is 35.5. The van der Waals surface area contributed by atoms with Crippen LogP contribution in [0.5, 0.6) is 5.75 Å². The van der Waals surface area contributed by atoms with Gasteiger partial charge in [0, 0.05) is 5.02 Å². The van der Waals surface area contributed by atoms with E-state index in [1.54, 1.807) is 24.3 Å². The van der Waals surface area contributed by atoms with Crippen molar-refractivity contribution in [1.29, 1.82) is 0 Å². The molecule has 1 atom stereocenters. The zero-order chi connectivity index (χ0) is 18.4. The van der Waals surface area contributed by atoms with Crippen LogP contribution in [0.2, 0.25) is 5.02 Å². The molecular formula is C20H34ClO3P. The van der Waals surface area contributed by atoms with Crippen LogP contribution in [-0.2, 0) is 9.09 Å². The van der Waals surface area contributed by atoms with Gasteiger partial charge in [-0.3, -0.25) is 4.52 Å². The van der Waals surface area contributed by atoms with Gasteiger partial charge in [-0.15, -0.1) is 0 Å². The van der Waals surface area contributed by atoms with E-state index in [1.807, 2.05) is 0 Å². The molecule has 5 heteroatoms. The summed E-state index contributed by atoms with van der Waals surface area (Å²) in [7, 11) is -3.11. The summed E-state index contributed by atoms with van der Waals surface area (Å²) in [5, 5.41) is 0.572. The Morgan fingerprint density at radius 1 is 0.920 bits per heavy atom. The molecule has 1 aromatic carbocycles. The highest BCUT2D eigenvalue weighted by Crippen LogP contribution is 2.49. The van der Waals surface area contributed by atoms with Crippen LogP contribution in [-0.4, -0.2) is 12.8 Å². The topological polar surface area (TPSA) is 35.5 Å². The first kappa shape index (κ1) is 22.5. The van der Waals surface area contributed by atoms with Crippen molar-refractivity contribution in [2.24, 2.45) is 0 Å². The number of halogens is 1. The lowest BCUT2D eigenvalue weighted by atomic mass is 10.1. The normalized spacial score (nSPS) is 13.6. The average Bonchev–Trinajstić information content (AvgIpc) is 2.59. The summed E-state index contributed by atoms with van der Waals surface area (Å²) in [6, 6.07) is 7.01. The van der Waals surface area contributed by atoms with Gasteiger partial charge in [-0.2, -0.15) is 0 Å². The van der Waals surface area contributed by atoms with Crippen molar-refractivity contribution < 1.29 is 13.6 Å². The lowest BCUT2D eigenvalue weighted by molar-refractivity contribution is 0.257. The highest BCUT2D eigenvalue weighted by molar-refractivity contribution is 7.54. The summed E-state index contributed by atoms with van der Waals surface area (Å²) >= 11 is 5.97. The van der Waals surface area contributed by atoms with Gasteiger partial charge < -0.3 is 4.52 Å². The summed E-state index contributed by atoms with van der Waals surface area (Å²) in [5.41, 5.74) is 0. The van der Waals surface area contributed by atoms with E-state index in [4.69, 9.17) is 20.6 Å². The molecule has 1 aromatic rings. The Labute approximate surface area is 159 Å². The molecule has 25 heavy (non-hydrogen) atoms. The van der Waals surface area contributed by atoms with Crippen molar-refractivity contribution in [3.63, 3.8) is 0 Å². The fraction of sp³-hybridized carbons (Fsp3) is 0.700. The minimum Gasteiger partial charge on any atom is -0.424 e. The van der Waals surface area contributed by atoms with E-state index in [-0.39, 0.29) is 0 Å². The molecule has 0 aliphatic heterocycles. The number of hydrogen-bond acceptors (Lipinski definition) is 3. The fourth-order valence-corrected chi connectivity index (χ4v) is 4.61. The minimum atomic E-state index is -3.11. The molecule has 0 heterocycles. The summed E-state index contributed by atoms with van der Waals surface area (Å²) in [4.78, 5) is 0. The molecule has 0 spiro atoms. The third-order valence-corrected chi connectivity index (χ3v) is 6.28. The molecule has 0 aromatic heterocycles. The predicted octanol–water partition coefficient (Wildman–Crippen LogP) is 7.87. The molecule has 0 aliphatic carbocycles. The molecule has 0 bridgehead atoms. The van der Waals surface area contributed by atoms with Crippen LogP contribution in [0, 0.1) is 0 Å². The van der Waals surface area contributed by atoms with Crippen molar-refractivity contribution in [3.8, 4) is 5.75 Å². The van der Waals surface area contributed by atoms with Crippen molar-refractivity contribution in [2.75, 3.05) is 12.8 Å². The van der Waals surface area contributed by atoms with Crippen LogP contribution < -0.4 is 4.52 Å². The molecule has 0 aliphatic rings. The Morgan fingerprint density at radius 3 is 2.20 bits per heavy atom. The van der Waals surface area contributed by atoms with Gasteiger partial charge in [-0.25, -0.2) is 4.57 Å². The molecule has 0 amide bonds. The lowest BCUT2D eigenvalue weighted by Crippen LogP contribution is -2.04. The van der Waals surface area contributed by atoms with Gasteiger partial charge in [0.05, 0.1) is 12.8 Å². The number of rotatable bonds is 15. The number of unbranched alkanes of at least 4 members (excludes halogenated alkanes) is 8. The zero-order valence-electron chi connectivity index (χ0n) is 15.8. The van der Waals surface area contributed by atoms with Gasteiger partial charge in [0.25, 0.3) is 0 Å². The SMILES string of the molecule is CCCCCCCCCCOP(=O)(CCCC)Oc1cccc(Cl)c1. The standard InChI is InChI=1S/C20H34ClO3P/c1-3-5-7-8-9-10-11-12-16-23-25(22,17-6-4-2)24-20-15-13-14-19(21)18-20/h13-15,18H,3-12,16-17H2,1-2H3. The van der Waals surface area contributed by atoms with Crippen molar-refractivity contribution >= 4 is 19.2 Å². The van der Waals surface area contributed by atoms with Crippen LogP contribution in [0.25, 0.3) is 0 Å². The zero-order valence-corrected chi connectivity index (χ0v) is 17.5. The largest absolute Gasteiger partial charge is 0.424 e. The van der Waals surface area contributed by atoms with Crippen molar-refractivity contribution in [3.05, 3.63) is 29.3 Å². The molecule has 0 N–H and O–H groups in total. The van der Waals surface area contributed by atoms with E-state index in [0.29, 0.717) is 23.5 Å². The molecule has 1 unspecified atom stereocenters. The molecular weight excluding hydrogens is 355 g/mol. The van der Waals surface area contributed by atoms with E-state index in [0.717, 1.165) is 25.7 Å². The Balaban J connectivity index is 2.33. The van der Waals surface area contributed by atoms with Gasteiger partial charge in [-0.05, 0) is 31.0 Å². The first-order valence-electron chi connectivity index (χ1n) is 9.78. The van der Waals surface area contributed by atoms with Crippen LogP contribution in [0.15, 0.2) is 24.3 Å². The van der Waals surface area contributed by atoms with Crippen LogP contribution in [0.3, 0.4) is 0 Å². The Bertz CT molecular complexity index is 507. The number of benzene rings is 1. The van der Waals surface area contributed by atoms with E-state index in [9.17, 15) is 4.57 Å². The first-order chi connectivity index (χ1) is 12.1. The van der Waals surface area contributed by atoms with E-state index < -0.39 is 7.60 Å². The second-order valence-corrected chi connectivity index (χ2v) is 9.09. The van der Waals surface area contributed by atoms with Gasteiger partial charge in [0.2, 0.25) is 0 Å². The van der Waals surface area contributed by atoms with Crippen LogP contribution >= 0.6 is 19.2 Å². The predicted molar refractivity (Wildman–Crippen MR) is 108 cm³/mol. The Kier molecular flexibility index (Phi) is 12.3. The van der Waals surface area contributed by atoms with E-state index in [1.165, 1.54) is 38.5 Å². The second-order valence-electron chi connectivity index (χ2n) is 6.54. The van der Waals surface area contributed by atoms with Gasteiger partial charge in [-0.1, -0.05) is 82.9 Å². The maximum atomic E-state index is 13.0. The molecule has 0 fully saturated rings. The third kappa shape index (κ3) is 10.9. The average molecular weight is 389 g/mol. The second kappa shape index (κ2) is 13.7. The fourth-order valence-electron chi connectivity index (χ4n) is 2.61. The monoisotopic (exact) mass is 388 g/mol. The molecule has 0 radical (unpaired) electrons. The molecule has 0 saturated heterocycles. The molecule has 3 nitrogen and oxygen atoms in total. The van der Waals surface area contributed by atoms with Crippen molar-refractivity contribution in [1.82, 2.24) is 0 Å². The Hall–Kier alpha value is -0.500. The summed E-state index contributed by atoms with van der Waals surface area (Å²) in [5.74, 6) is 0.517. The van der Waals surface area contributed by atoms with Gasteiger partial charge in [0.1, 0.15) is 5.75 Å². The summed E-state index contributed by atoms with van der Waals surface area (Å²) < 4.78 is 24.4. The molecule has 144 valence electrons. The lowest BCUT2D eigenvalue weighted by Gasteiger charge is -2.19. The highest BCUT2D eigenvalue weighted by Gasteiger charge is 2.25. The van der Waals surface area contributed by atoms with E-state index in [2.05, 4.69) is 13.8 Å². The first-order valence-corrected chi connectivity index (χ1v) is 11.9. The summed E-state index contributed by atoms with van der Waals surface area (Å²) in [6.07, 6.45) is 12.1.